The number of aromatic nitrogens is 1. The zero-order chi connectivity index (χ0) is 16.1. The van der Waals surface area contributed by atoms with Crippen LogP contribution in [0.4, 0.5) is 0 Å². The maximum Gasteiger partial charge on any atom is 0.123 e. The van der Waals surface area contributed by atoms with Crippen LogP contribution in [0.15, 0.2) is 53.2 Å². The summed E-state index contributed by atoms with van der Waals surface area (Å²) in [5, 5.41) is 18.8. The molecule has 1 aromatic carbocycles. The van der Waals surface area contributed by atoms with E-state index in [0.717, 1.165) is 27.7 Å². The average molecular weight is 345 g/mol. The van der Waals surface area contributed by atoms with Crippen molar-refractivity contribution in [3.63, 3.8) is 0 Å². The fourth-order valence-corrected chi connectivity index (χ4v) is 3.95. The standard InChI is InChI=1S/C18H20N2OS2/c1-13(10-16(21)17-8-5-9-22-17)19-11-15-12-23-18(20-15)14-6-3-2-4-7-14/h2-9,12-13,16,19,21H,10-11H2,1H3. The Morgan fingerprint density at radius 3 is 2.70 bits per heavy atom. The van der Waals surface area contributed by atoms with Crippen molar-refractivity contribution in [2.45, 2.75) is 32.0 Å². The van der Waals surface area contributed by atoms with Gasteiger partial charge in [-0.25, -0.2) is 4.98 Å². The van der Waals surface area contributed by atoms with Crippen LogP contribution in [0.5, 0.6) is 0 Å². The van der Waals surface area contributed by atoms with Crippen molar-refractivity contribution in [2.75, 3.05) is 0 Å². The lowest BCUT2D eigenvalue weighted by atomic mass is 10.1. The van der Waals surface area contributed by atoms with E-state index in [-0.39, 0.29) is 6.04 Å². The smallest absolute Gasteiger partial charge is 0.123 e. The van der Waals surface area contributed by atoms with Crippen molar-refractivity contribution in [3.05, 3.63) is 63.8 Å². The number of thiophene rings is 1. The number of aliphatic hydroxyl groups is 1. The molecule has 0 saturated carbocycles. The van der Waals surface area contributed by atoms with Crippen LogP contribution < -0.4 is 5.32 Å². The Kier molecular flexibility index (Phi) is 5.56. The second kappa shape index (κ2) is 7.84. The molecule has 23 heavy (non-hydrogen) atoms. The molecule has 2 atom stereocenters. The van der Waals surface area contributed by atoms with E-state index in [1.165, 1.54) is 0 Å². The molecular formula is C18H20N2OS2. The molecule has 3 rings (SSSR count). The molecule has 0 saturated heterocycles. The molecule has 0 radical (unpaired) electrons. The van der Waals surface area contributed by atoms with Gasteiger partial charge in [0.1, 0.15) is 5.01 Å². The molecule has 0 amide bonds. The second-order valence-electron chi connectivity index (χ2n) is 5.56. The Morgan fingerprint density at radius 1 is 1.13 bits per heavy atom. The van der Waals surface area contributed by atoms with E-state index >= 15 is 0 Å². The largest absolute Gasteiger partial charge is 0.388 e. The van der Waals surface area contributed by atoms with Crippen LogP contribution in [-0.4, -0.2) is 16.1 Å². The molecule has 2 aromatic heterocycles. The number of hydrogen-bond donors (Lipinski definition) is 2. The van der Waals surface area contributed by atoms with Gasteiger partial charge in [0.05, 0.1) is 11.8 Å². The molecule has 0 fully saturated rings. The highest BCUT2D eigenvalue weighted by Crippen LogP contribution is 2.24. The zero-order valence-electron chi connectivity index (χ0n) is 13.0. The summed E-state index contributed by atoms with van der Waals surface area (Å²) in [5.74, 6) is 0. The lowest BCUT2D eigenvalue weighted by molar-refractivity contribution is 0.157. The molecule has 2 heterocycles. The first-order valence-electron chi connectivity index (χ1n) is 7.67. The lowest BCUT2D eigenvalue weighted by Crippen LogP contribution is -2.27. The highest BCUT2D eigenvalue weighted by atomic mass is 32.1. The number of benzene rings is 1. The van der Waals surface area contributed by atoms with E-state index < -0.39 is 6.10 Å². The lowest BCUT2D eigenvalue weighted by Gasteiger charge is -2.16. The minimum atomic E-state index is -0.396. The van der Waals surface area contributed by atoms with E-state index in [1.54, 1.807) is 22.7 Å². The minimum absolute atomic E-state index is 0.231. The van der Waals surface area contributed by atoms with Crippen LogP contribution in [0.25, 0.3) is 10.6 Å². The van der Waals surface area contributed by atoms with E-state index in [4.69, 9.17) is 0 Å². The van der Waals surface area contributed by atoms with Gasteiger partial charge >= 0.3 is 0 Å². The summed E-state index contributed by atoms with van der Waals surface area (Å²) in [5.41, 5.74) is 2.20. The van der Waals surface area contributed by atoms with Gasteiger partial charge < -0.3 is 10.4 Å². The Morgan fingerprint density at radius 2 is 1.96 bits per heavy atom. The summed E-state index contributed by atoms with van der Waals surface area (Å²) in [7, 11) is 0. The maximum absolute atomic E-state index is 10.2. The Hall–Kier alpha value is -1.53. The fourth-order valence-electron chi connectivity index (χ4n) is 2.40. The van der Waals surface area contributed by atoms with E-state index in [2.05, 4.69) is 34.7 Å². The summed E-state index contributed by atoms with van der Waals surface area (Å²) in [6, 6.07) is 14.4. The molecule has 120 valence electrons. The first-order chi connectivity index (χ1) is 11.2. The van der Waals surface area contributed by atoms with Gasteiger partial charge in [0.15, 0.2) is 0 Å². The molecule has 0 aliphatic heterocycles. The normalized spacial score (nSPS) is 13.8. The van der Waals surface area contributed by atoms with Crippen LogP contribution in [0, 0.1) is 0 Å². The van der Waals surface area contributed by atoms with Gasteiger partial charge in [-0.15, -0.1) is 22.7 Å². The molecule has 0 spiro atoms. The third-order valence-corrected chi connectivity index (χ3v) is 5.57. The first-order valence-corrected chi connectivity index (χ1v) is 9.43. The summed E-state index contributed by atoms with van der Waals surface area (Å²) in [6.07, 6.45) is 0.309. The third-order valence-electron chi connectivity index (χ3n) is 3.65. The number of hydrogen-bond acceptors (Lipinski definition) is 5. The Balaban J connectivity index is 1.51. The number of aliphatic hydroxyl groups excluding tert-OH is 1. The SMILES string of the molecule is CC(CC(O)c1cccs1)NCc1csc(-c2ccccc2)n1. The molecule has 0 bridgehead atoms. The van der Waals surface area contributed by atoms with E-state index in [1.807, 2.05) is 35.7 Å². The molecular weight excluding hydrogens is 324 g/mol. The zero-order valence-corrected chi connectivity index (χ0v) is 14.6. The highest BCUT2D eigenvalue weighted by molar-refractivity contribution is 7.13. The van der Waals surface area contributed by atoms with Crippen LogP contribution >= 0.6 is 22.7 Å². The summed E-state index contributed by atoms with van der Waals surface area (Å²) >= 11 is 3.27. The van der Waals surface area contributed by atoms with Crippen molar-refractivity contribution in [1.29, 1.82) is 0 Å². The van der Waals surface area contributed by atoms with Gasteiger partial charge in [0, 0.05) is 28.4 Å². The Labute approximate surface area is 144 Å². The molecule has 0 aliphatic rings. The second-order valence-corrected chi connectivity index (χ2v) is 7.40. The molecule has 3 nitrogen and oxygen atoms in total. The predicted molar refractivity (Wildman–Crippen MR) is 97.7 cm³/mol. The number of nitrogens with zero attached hydrogens (tertiary/aromatic N) is 1. The van der Waals surface area contributed by atoms with E-state index in [9.17, 15) is 5.11 Å². The molecule has 0 aliphatic carbocycles. The molecule has 5 heteroatoms. The van der Waals surface area contributed by atoms with Gasteiger partial charge in [-0.05, 0) is 24.8 Å². The number of thiazole rings is 1. The third kappa shape index (κ3) is 4.48. The van der Waals surface area contributed by atoms with Gasteiger partial charge in [-0.1, -0.05) is 36.4 Å². The predicted octanol–water partition coefficient (Wildman–Crippen LogP) is 4.47. The number of rotatable bonds is 7. The molecule has 2 N–H and O–H groups in total. The van der Waals surface area contributed by atoms with Crippen LogP contribution in [0.1, 0.15) is 30.0 Å². The Bertz CT molecular complexity index is 710. The number of nitrogens with one attached hydrogen (secondary N) is 1. The van der Waals surface area contributed by atoms with Crippen molar-refractivity contribution in [1.82, 2.24) is 10.3 Å². The van der Waals surface area contributed by atoms with Gasteiger partial charge in [0.25, 0.3) is 0 Å². The van der Waals surface area contributed by atoms with Crippen molar-refractivity contribution in [3.8, 4) is 10.6 Å². The molecule has 2 unspecified atom stereocenters. The van der Waals surface area contributed by atoms with Gasteiger partial charge in [-0.2, -0.15) is 0 Å². The monoisotopic (exact) mass is 344 g/mol. The van der Waals surface area contributed by atoms with Crippen LogP contribution in [0.2, 0.25) is 0 Å². The van der Waals surface area contributed by atoms with E-state index in [0.29, 0.717) is 6.42 Å². The van der Waals surface area contributed by atoms with Gasteiger partial charge in [-0.3, -0.25) is 0 Å². The van der Waals surface area contributed by atoms with Crippen molar-refractivity contribution in [2.24, 2.45) is 0 Å². The van der Waals surface area contributed by atoms with Gasteiger partial charge in [0.2, 0.25) is 0 Å². The quantitative estimate of drug-likeness (QED) is 0.664. The highest BCUT2D eigenvalue weighted by Gasteiger charge is 2.13. The summed E-state index contributed by atoms with van der Waals surface area (Å²) in [6.45, 7) is 2.82. The summed E-state index contributed by atoms with van der Waals surface area (Å²) in [4.78, 5) is 5.70. The van der Waals surface area contributed by atoms with Crippen molar-refractivity contribution >= 4 is 22.7 Å². The minimum Gasteiger partial charge on any atom is -0.388 e. The topological polar surface area (TPSA) is 45.1 Å². The van der Waals surface area contributed by atoms with Crippen molar-refractivity contribution < 1.29 is 5.11 Å². The van der Waals surface area contributed by atoms with Crippen LogP contribution in [-0.2, 0) is 6.54 Å². The van der Waals surface area contributed by atoms with Crippen LogP contribution in [0.3, 0.4) is 0 Å². The first kappa shape index (κ1) is 16.3. The molecule has 3 aromatic rings. The fraction of sp³-hybridized carbons (Fsp3) is 0.278. The summed E-state index contributed by atoms with van der Waals surface area (Å²) < 4.78 is 0. The average Bonchev–Trinajstić information content (AvgIpc) is 3.25. The maximum atomic E-state index is 10.2.